The molecule has 33 heavy (non-hydrogen) atoms. The van der Waals surface area contributed by atoms with Gasteiger partial charge in [-0.3, -0.25) is 0 Å². The first-order valence-corrected chi connectivity index (χ1v) is 10.7. The van der Waals surface area contributed by atoms with Crippen LogP contribution in [0.25, 0.3) is 5.69 Å². The van der Waals surface area contributed by atoms with Crippen molar-refractivity contribution in [1.82, 2.24) is 24.7 Å². The molecule has 8 nitrogen and oxygen atoms in total. The zero-order valence-electron chi connectivity index (χ0n) is 18.6. The maximum atomic E-state index is 14.5. The molecule has 5 rings (SSSR count). The number of halogens is 1. The molecule has 0 spiro atoms. The van der Waals surface area contributed by atoms with Crippen LogP contribution in [0.3, 0.4) is 0 Å². The highest BCUT2D eigenvalue weighted by molar-refractivity contribution is 5.64. The van der Waals surface area contributed by atoms with E-state index >= 15 is 0 Å². The van der Waals surface area contributed by atoms with Gasteiger partial charge < -0.3 is 15.4 Å². The zero-order valence-corrected chi connectivity index (χ0v) is 18.6. The maximum Gasteiger partial charge on any atom is 0.229 e. The molecule has 0 amide bonds. The first-order chi connectivity index (χ1) is 16.1. The molecule has 9 heteroatoms. The monoisotopic (exact) mass is 445 g/mol. The van der Waals surface area contributed by atoms with Gasteiger partial charge in [0.1, 0.15) is 35.2 Å². The van der Waals surface area contributed by atoms with Crippen molar-refractivity contribution in [2.24, 2.45) is 0 Å². The highest BCUT2D eigenvalue weighted by Gasteiger charge is 2.31. The van der Waals surface area contributed by atoms with Crippen LogP contribution in [-0.2, 0) is 6.42 Å². The van der Waals surface area contributed by atoms with Crippen molar-refractivity contribution in [2.75, 3.05) is 24.8 Å². The van der Waals surface area contributed by atoms with Crippen molar-refractivity contribution in [2.45, 2.75) is 25.7 Å². The van der Waals surface area contributed by atoms with E-state index in [1.165, 1.54) is 6.07 Å². The maximum absolute atomic E-state index is 14.5. The second-order valence-electron chi connectivity index (χ2n) is 7.87. The lowest BCUT2D eigenvalue weighted by molar-refractivity contribution is 0.412. The molecule has 0 saturated heterocycles. The normalized spacial score (nSPS) is 14.7. The van der Waals surface area contributed by atoms with Crippen molar-refractivity contribution in [1.29, 1.82) is 0 Å². The summed E-state index contributed by atoms with van der Waals surface area (Å²) in [6, 6.07) is 12.5. The van der Waals surface area contributed by atoms with Crippen molar-refractivity contribution in [3.8, 4) is 11.4 Å². The second kappa shape index (κ2) is 8.50. The van der Waals surface area contributed by atoms with Gasteiger partial charge in [-0.1, -0.05) is 18.2 Å². The highest BCUT2D eigenvalue weighted by atomic mass is 19.1. The SMILES string of the molecule is CNc1nc(Nc2ccc(-n3cnc(C)n3)c(OC)c2)nc2c1CC[C@@H]2c1ccccc1F. The van der Waals surface area contributed by atoms with Crippen molar-refractivity contribution in [3.05, 3.63) is 77.3 Å². The molecule has 0 fully saturated rings. The third-order valence-electron chi connectivity index (χ3n) is 5.86. The summed E-state index contributed by atoms with van der Waals surface area (Å²) in [6.45, 7) is 1.83. The quantitative estimate of drug-likeness (QED) is 0.455. The number of hydrogen-bond acceptors (Lipinski definition) is 7. The van der Waals surface area contributed by atoms with Crippen LogP contribution in [0, 0.1) is 12.7 Å². The van der Waals surface area contributed by atoms with Crippen LogP contribution in [0.4, 0.5) is 21.8 Å². The molecule has 4 aromatic rings. The molecule has 2 N–H and O–H groups in total. The predicted octanol–water partition coefficient (Wildman–Crippen LogP) is 4.38. The largest absolute Gasteiger partial charge is 0.494 e. The van der Waals surface area contributed by atoms with E-state index < -0.39 is 0 Å². The minimum absolute atomic E-state index is 0.107. The average molecular weight is 446 g/mol. The Bertz CT molecular complexity index is 1320. The third kappa shape index (κ3) is 3.86. The van der Waals surface area contributed by atoms with Crippen LogP contribution in [0.2, 0.25) is 0 Å². The number of aromatic nitrogens is 5. The van der Waals surface area contributed by atoms with Crippen LogP contribution >= 0.6 is 0 Å². The molecule has 0 bridgehead atoms. The molecule has 2 aromatic carbocycles. The number of fused-ring (bicyclic) bond motifs is 1. The van der Waals surface area contributed by atoms with Gasteiger partial charge >= 0.3 is 0 Å². The number of nitrogens with one attached hydrogen (secondary N) is 2. The van der Waals surface area contributed by atoms with E-state index in [2.05, 4.69) is 25.7 Å². The lowest BCUT2D eigenvalue weighted by Crippen LogP contribution is -2.08. The number of hydrogen-bond donors (Lipinski definition) is 2. The molecule has 0 unspecified atom stereocenters. The van der Waals surface area contributed by atoms with Crippen LogP contribution < -0.4 is 15.4 Å². The minimum atomic E-state index is -0.210. The summed E-state index contributed by atoms with van der Waals surface area (Å²) < 4.78 is 21.8. The lowest BCUT2D eigenvalue weighted by Gasteiger charge is -2.16. The van der Waals surface area contributed by atoms with Crippen LogP contribution in [0.15, 0.2) is 48.8 Å². The summed E-state index contributed by atoms with van der Waals surface area (Å²) in [5.41, 5.74) is 4.08. The Morgan fingerprint density at radius 3 is 2.73 bits per heavy atom. The van der Waals surface area contributed by atoms with E-state index in [0.717, 1.165) is 41.3 Å². The summed E-state index contributed by atoms with van der Waals surface area (Å²) in [7, 11) is 3.44. The van der Waals surface area contributed by atoms with E-state index in [1.54, 1.807) is 24.2 Å². The van der Waals surface area contributed by atoms with E-state index in [0.29, 0.717) is 23.1 Å². The molecular weight excluding hydrogens is 421 g/mol. The van der Waals surface area contributed by atoms with Crippen LogP contribution in [-0.4, -0.2) is 38.9 Å². The first kappa shape index (κ1) is 20.9. The van der Waals surface area contributed by atoms with Gasteiger partial charge in [0.2, 0.25) is 5.95 Å². The van der Waals surface area contributed by atoms with Crippen molar-refractivity contribution in [3.63, 3.8) is 0 Å². The average Bonchev–Trinajstić information content (AvgIpc) is 3.45. The summed E-state index contributed by atoms with van der Waals surface area (Å²) in [6.07, 6.45) is 3.24. The Kier molecular flexibility index (Phi) is 5.37. The minimum Gasteiger partial charge on any atom is -0.494 e. The van der Waals surface area contributed by atoms with E-state index in [9.17, 15) is 4.39 Å². The fourth-order valence-electron chi connectivity index (χ4n) is 4.32. The first-order valence-electron chi connectivity index (χ1n) is 10.7. The van der Waals surface area contributed by atoms with Gasteiger partial charge in [-0.15, -0.1) is 0 Å². The number of ether oxygens (including phenoxy) is 1. The van der Waals surface area contributed by atoms with Gasteiger partial charge in [0, 0.05) is 30.3 Å². The van der Waals surface area contributed by atoms with Gasteiger partial charge in [-0.05, 0) is 43.5 Å². The molecule has 2 aromatic heterocycles. The Hall–Kier alpha value is -4.01. The Morgan fingerprint density at radius 1 is 1.15 bits per heavy atom. The predicted molar refractivity (Wildman–Crippen MR) is 124 cm³/mol. The van der Waals surface area contributed by atoms with E-state index in [-0.39, 0.29) is 11.7 Å². The molecule has 1 atom stereocenters. The zero-order chi connectivity index (χ0) is 22.9. The fourth-order valence-corrected chi connectivity index (χ4v) is 4.32. The topological polar surface area (TPSA) is 89.8 Å². The van der Waals surface area contributed by atoms with Gasteiger partial charge in [0.05, 0.1) is 12.8 Å². The smallest absolute Gasteiger partial charge is 0.229 e. The highest BCUT2D eigenvalue weighted by Crippen LogP contribution is 2.41. The number of rotatable bonds is 6. The van der Waals surface area contributed by atoms with Crippen LogP contribution in [0.5, 0.6) is 5.75 Å². The Balaban J connectivity index is 1.50. The second-order valence-corrected chi connectivity index (χ2v) is 7.87. The fraction of sp³-hybridized carbons (Fsp3) is 0.250. The van der Waals surface area contributed by atoms with Crippen molar-refractivity contribution >= 4 is 17.5 Å². The number of benzene rings is 2. The molecular formula is C24H24FN7O. The van der Waals surface area contributed by atoms with Gasteiger partial charge in [0.25, 0.3) is 0 Å². The molecule has 1 aliphatic carbocycles. The Morgan fingerprint density at radius 2 is 2.00 bits per heavy atom. The summed E-state index contributed by atoms with van der Waals surface area (Å²) >= 11 is 0. The summed E-state index contributed by atoms with van der Waals surface area (Å²) in [5, 5.41) is 10.8. The third-order valence-corrected chi connectivity index (χ3v) is 5.86. The van der Waals surface area contributed by atoms with Gasteiger partial charge in [-0.25, -0.2) is 19.0 Å². The number of methoxy groups -OCH3 is 1. The molecule has 168 valence electrons. The Labute approximate surface area is 190 Å². The summed E-state index contributed by atoms with van der Waals surface area (Å²) in [5.74, 6) is 2.18. The molecule has 2 heterocycles. The van der Waals surface area contributed by atoms with Gasteiger partial charge in [0.15, 0.2) is 0 Å². The lowest BCUT2D eigenvalue weighted by atomic mass is 9.96. The molecule has 0 radical (unpaired) electrons. The van der Waals surface area contributed by atoms with Crippen LogP contribution in [0.1, 0.15) is 35.0 Å². The standard InChI is InChI=1S/C24H24FN7O/c1-14-27-13-32(31-14)20-11-8-15(12-21(20)33-3)28-24-29-22-17(16-6-4-5-7-19(16)25)9-10-18(22)23(26-2)30-24/h4-8,11-13,17H,9-10H2,1-3H3,(H2,26,28,29,30)/t17-/m1/s1. The number of anilines is 3. The van der Waals surface area contributed by atoms with Gasteiger partial charge in [-0.2, -0.15) is 10.1 Å². The molecule has 0 aliphatic heterocycles. The van der Waals surface area contributed by atoms with Crippen molar-refractivity contribution < 1.29 is 9.13 Å². The van der Waals surface area contributed by atoms with E-state index in [1.807, 2.05) is 44.3 Å². The van der Waals surface area contributed by atoms with E-state index in [4.69, 9.17) is 9.72 Å². The number of aryl methyl sites for hydroxylation is 1. The summed E-state index contributed by atoms with van der Waals surface area (Å²) in [4.78, 5) is 13.6. The molecule has 0 saturated carbocycles. The number of nitrogens with zero attached hydrogens (tertiary/aromatic N) is 5. The molecule has 1 aliphatic rings.